The van der Waals surface area contributed by atoms with E-state index in [1.54, 1.807) is 19.2 Å². The van der Waals surface area contributed by atoms with Gasteiger partial charge in [-0.05, 0) is 13.0 Å². The summed E-state index contributed by atoms with van der Waals surface area (Å²) in [6.07, 6.45) is 0. The van der Waals surface area contributed by atoms with Gasteiger partial charge in [-0.15, -0.1) is 0 Å². The minimum atomic E-state index is -0.162. The first-order valence-corrected chi connectivity index (χ1v) is 4.69. The second kappa shape index (κ2) is 5.73. The third kappa shape index (κ3) is 3.44. The fourth-order valence-electron chi connectivity index (χ4n) is 1.23. The summed E-state index contributed by atoms with van der Waals surface area (Å²) >= 11 is 0. The molecule has 78 valence electrons. The summed E-state index contributed by atoms with van der Waals surface area (Å²) in [5.41, 5.74) is 0.690. The third-order valence-electron chi connectivity index (χ3n) is 2.02. The van der Waals surface area contributed by atoms with Crippen molar-refractivity contribution in [1.29, 1.82) is 0 Å². The monoisotopic (exact) mass is 197 g/mol. The number of nitrogens with one attached hydrogen (secondary N) is 1. The molecule has 0 aliphatic carbocycles. The lowest BCUT2D eigenvalue weighted by atomic mass is 10.2. The Morgan fingerprint density at radius 1 is 1.43 bits per heavy atom. The highest BCUT2D eigenvalue weighted by Crippen LogP contribution is 2.05. The summed E-state index contributed by atoms with van der Waals surface area (Å²) in [5, 5.41) is 3.18. The van der Waals surface area contributed by atoms with Crippen LogP contribution >= 0.6 is 0 Å². The van der Waals surface area contributed by atoms with E-state index in [4.69, 9.17) is 4.74 Å². The van der Waals surface area contributed by atoms with Crippen LogP contribution < -0.4 is 5.32 Å². The van der Waals surface area contributed by atoms with Crippen molar-refractivity contribution in [3.8, 4) is 0 Å². The highest BCUT2D eigenvalue weighted by atomic mass is 19.1. The fraction of sp³-hybridized carbons (Fsp3) is 0.455. The maximum Gasteiger partial charge on any atom is 0.127 e. The Kier molecular flexibility index (Phi) is 4.56. The van der Waals surface area contributed by atoms with E-state index in [9.17, 15) is 4.39 Å². The molecule has 0 aromatic heterocycles. The molecule has 0 bridgehead atoms. The Bertz CT molecular complexity index is 278. The van der Waals surface area contributed by atoms with Gasteiger partial charge in [-0.25, -0.2) is 4.39 Å². The van der Waals surface area contributed by atoms with Crippen molar-refractivity contribution in [3.63, 3.8) is 0 Å². The second-order valence-electron chi connectivity index (χ2n) is 3.33. The Morgan fingerprint density at radius 2 is 2.14 bits per heavy atom. The summed E-state index contributed by atoms with van der Waals surface area (Å²) < 4.78 is 18.1. The summed E-state index contributed by atoms with van der Waals surface area (Å²) in [6, 6.07) is 7.01. The van der Waals surface area contributed by atoms with E-state index in [0.29, 0.717) is 18.7 Å². The maximum absolute atomic E-state index is 13.2. The molecule has 1 rings (SSSR count). The van der Waals surface area contributed by atoms with Crippen LogP contribution in [0.2, 0.25) is 0 Å². The molecule has 0 fully saturated rings. The molecule has 0 saturated heterocycles. The van der Waals surface area contributed by atoms with E-state index in [-0.39, 0.29) is 11.9 Å². The van der Waals surface area contributed by atoms with Crippen LogP contribution in [0.1, 0.15) is 12.5 Å². The van der Waals surface area contributed by atoms with Crippen LogP contribution in [-0.2, 0) is 11.3 Å². The van der Waals surface area contributed by atoms with Crippen molar-refractivity contribution in [2.75, 3.05) is 13.7 Å². The van der Waals surface area contributed by atoms with Crippen molar-refractivity contribution in [2.45, 2.75) is 19.5 Å². The number of halogens is 1. The van der Waals surface area contributed by atoms with Crippen LogP contribution in [0.25, 0.3) is 0 Å². The molecule has 14 heavy (non-hydrogen) atoms. The molecule has 1 N–H and O–H groups in total. The van der Waals surface area contributed by atoms with Crippen molar-refractivity contribution < 1.29 is 9.13 Å². The number of rotatable bonds is 5. The fourth-order valence-corrected chi connectivity index (χ4v) is 1.23. The number of methoxy groups -OCH3 is 1. The van der Waals surface area contributed by atoms with E-state index in [2.05, 4.69) is 5.32 Å². The topological polar surface area (TPSA) is 21.3 Å². The van der Waals surface area contributed by atoms with Gasteiger partial charge in [0.1, 0.15) is 5.82 Å². The first-order chi connectivity index (χ1) is 6.74. The zero-order valence-corrected chi connectivity index (χ0v) is 8.59. The molecular formula is C11H16FNO. The van der Waals surface area contributed by atoms with Crippen LogP contribution in [0.15, 0.2) is 24.3 Å². The Morgan fingerprint density at radius 3 is 2.79 bits per heavy atom. The van der Waals surface area contributed by atoms with Gasteiger partial charge < -0.3 is 10.1 Å². The van der Waals surface area contributed by atoms with Crippen molar-refractivity contribution >= 4 is 0 Å². The predicted molar refractivity (Wildman–Crippen MR) is 54.6 cm³/mol. The molecule has 1 atom stereocenters. The van der Waals surface area contributed by atoms with Crippen molar-refractivity contribution in [2.24, 2.45) is 0 Å². The molecule has 0 spiro atoms. The number of hydrogen-bond acceptors (Lipinski definition) is 2. The molecular weight excluding hydrogens is 181 g/mol. The van der Waals surface area contributed by atoms with Gasteiger partial charge in [-0.2, -0.15) is 0 Å². The average Bonchev–Trinajstić information content (AvgIpc) is 2.17. The van der Waals surface area contributed by atoms with Crippen LogP contribution in [0.4, 0.5) is 4.39 Å². The number of hydrogen-bond donors (Lipinski definition) is 1. The van der Waals surface area contributed by atoms with Crippen molar-refractivity contribution in [1.82, 2.24) is 5.32 Å². The van der Waals surface area contributed by atoms with Crippen LogP contribution in [-0.4, -0.2) is 19.8 Å². The first-order valence-electron chi connectivity index (χ1n) is 4.69. The van der Waals surface area contributed by atoms with Crippen LogP contribution in [0.5, 0.6) is 0 Å². The van der Waals surface area contributed by atoms with Gasteiger partial charge in [0.05, 0.1) is 6.61 Å². The zero-order valence-electron chi connectivity index (χ0n) is 8.59. The van der Waals surface area contributed by atoms with Gasteiger partial charge in [-0.1, -0.05) is 18.2 Å². The maximum atomic E-state index is 13.2. The highest BCUT2D eigenvalue weighted by Gasteiger charge is 2.03. The van der Waals surface area contributed by atoms with Gasteiger partial charge in [-0.3, -0.25) is 0 Å². The Labute approximate surface area is 84.1 Å². The largest absolute Gasteiger partial charge is 0.383 e. The van der Waals surface area contributed by atoms with E-state index < -0.39 is 0 Å². The average molecular weight is 197 g/mol. The summed E-state index contributed by atoms with van der Waals surface area (Å²) in [7, 11) is 1.65. The standard InChI is InChI=1S/C11H16FNO/c1-9(8-14-2)13-7-10-5-3-4-6-11(10)12/h3-6,9,13H,7-8H2,1-2H3/t9-/m1/s1. The second-order valence-corrected chi connectivity index (χ2v) is 3.33. The molecule has 0 unspecified atom stereocenters. The van der Waals surface area contributed by atoms with Gasteiger partial charge in [0.2, 0.25) is 0 Å². The van der Waals surface area contributed by atoms with Gasteiger partial charge in [0, 0.05) is 25.3 Å². The molecule has 0 heterocycles. The van der Waals surface area contributed by atoms with Gasteiger partial charge in [0.15, 0.2) is 0 Å². The molecule has 0 radical (unpaired) electrons. The lowest BCUT2D eigenvalue weighted by Crippen LogP contribution is -2.29. The lowest BCUT2D eigenvalue weighted by molar-refractivity contribution is 0.171. The third-order valence-corrected chi connectivity index (χ3v) is 2.02. The summed E-state index contributed by atoms with van der Waals surface area (Å²) in [5.74, 6) is -0.162. The lowest BCUT2D eigenvalue weighted by Gasteiger charge is -2.12. The minimum Gasteiger partial charge on any atom is -0.383 e. The molecule has 1 aromatic rings. The highest BCUT2D eigenvalue weighted by molar-refractivity contribution is 5.16. The summed E-state index contributed by atoms with van der Waals surface area (Å²) in [4.78, 5) is 0. The molecule has 0 aliphatic rings. The van der Waals surface area contributed by atoms with Crippen LogP contribution in [0.3, 0.4) is 0 Å². The predicted octanol–water partition coefficient (Wildman–Crippen LogP) is 1.95. The van der Waals surface area contributed by atoms with E-state index in [1.165, 1.54) is 6.07 Å². The minimum absolute atomic E-state index is 0.162. The Hall–Kier alpha value is -0.930. The Balaban J connectivity index is 2.41. The molecule has 2 nitrogen and oxygen atoms in total. The van der Waals surface area contributed by atoms with E-state index in [0.717, 1.165) is 0 Å². The first kappa shape index (κ1) is 11.1. The zero-order chi connectivity index (χ0) is 10.4. The molecule has 3 heteroatoms. The van der Waals surface area contributed by atoms with Crippen molar-refractivity contribution in [3.05, 3.63) is 35.6 Å². The molecule has 0 saturated carbocycles. The smallest absolute Gasteiger partial charge is 0.127 e. The number of benzene rings is 1. The summed E-state index contributed by atoms with van der Waals surface area (Å²) in [6.45, 7) is 3.18. The molecule has 1 aromatic carbocycles. The van der Waals surface area contributed by atoms with Crippen LogP contribution in [0, 0.1) is 5.82 Å². The normalized spacial score (nSPS) is 12.8. The van der Waals surface area contributed by atoms with Gasteiger partial charge in [0.25, 0.3) is 0 Å². The molecule has 0 amide bonds. The van der Waals surface area contributed by atoms with E-state index >= 15 is 0 Å². The van der Waals surface area contributed by atoms with E-state index in [1.807, 2.05) is 13.0 Å². The quantitative estimate of drug-likeness (QED) is 0.779. The SMILES string of the molecule is COC[C@@H](C)NCc1ccccc1F. The number of ether oxygens (including phenoxy) is 1. The molecule has 0 aliphatic heterocycles. The van der Waals surface area contributed by atoms with Gasteiger partial charge >= 0.3 is 0 Å².